The van der Waals surface area contributed by atoms with Crippen LogP contribution in [0.2, 0.25) is 10.0 Å². The third-order valence-electron chi connectivity index (χ3n) is 6.41. The largest absolute Gasteiger partial charge is 0.338 e. The number of nitrogens with zero attached hydrogens (tertiary/aromatic N) is 5. The lowest BCUT2D eigenvalue weighted by Gasteiger charge is -2.33. The molecule has 10 heteroatoms. The van der Waals surface area contributed by atoms with E-state index in [0.717, 1.165) is 10.5 Å². The molecule has 1 spiro atoms. The first kappa shape index (κ1) is 24.0. The number of carbonyl (C=O) groups excluding carboxylic acids is 3. The Balaban J connectivity index is 1.82. The molecule has 0 aromatic heterocycles. The number of carbonyl (C=O) groups is 3. The zero-order valence-electron chi connectivity index (χ0n) is 19.0. The summed E-state index contributed by atoms with van der Waals surface area (Å²) in [5.41, 5.74) is 0.196. The zero-order valence-corrected chi connectivity index (χ0v) is 20.5. The van der Waals surface area contributed by atoms with Crippen molar-refractivity contribution in [3.05, 3.63) is 63.6 Å². The van der Waals surface area contributed by atoms with Crippen molar-refractivity contribution >= 4 is 46.7 Å². The fourth-order valence-corrected chi connectivity index (χ4v) is 5.28. The number of nitriles is 1. The third-order valence-corrected chi connectivity index (χ3v) is 6.85. The number of anilines is 1. The predicted octanol–water partition coefficient (Wildman–Crippen LogP) is 3.19. The molecule has 8 nitrogen and oxygen atoms in total. The second-order valence-electron chi connectivity index (χ2n) is 8.83. The molecular weight excluding hydrogens is 477 g/mol. The van der Waals surface area contributed by atoms with E-state index in [1.54, 1.807) is 55.2 Å². The van der Waals surface area contributed by atoms with Gasteiger partial charge < -0.3 is 14.7 Å². The van der Waals surface area contributed by atoms with E-state index in [-0.39, 0.29) is 31.2 Å². The van der Waals surface area contributed by atoms with E-state index in [9.17, 15) is 19.6 Å². The standard InChI is InChI=1S/C24H23Cl2N5O3/c1-28(2)13-21(32)30-12-20(16-6-4-15(11-27)5-7-16)24(14-30)22(33)31(23(34)29(24)3)19-9-17(25)8-18(26)10-19/h4-10,20H,12-14H2,1-3H3. The number of halogens is 2. The van der Waals surface area contributed by atoms with Crippen molar-refractivity contribution in [2.75, 3.05) is 45.7 Å². The Hall–Kier alpha value is -3.12. The normalized spacial score (nSPS) is 22.3. The fourth-order valence-electron chi connectivity index (χ4n) is 4.77. The minimum atomic E-state index is -1.32. The topological polar surface area (TPSA) is 88.0 Å². The van der Waals surface area contributed by atoms with Gasteiger partial charge in [0.05, 0.1) is 30.4 Å². The van der Waals surface area contributed by atoms with Gasteiger partial charge in [0.25, 0.3) is 5.91 Å². The molecule has 2 aromatic rings. The van der Waals surface area contributed by atoms with E-state index in [4.69, 9.17) is 23.2 Å². The van der Waals surface area contributed by atoms with Crippen LogP contribution >= 0.6 is 23.2 Å². The summed E-state index contributed by atoms with van der Waals surface area (Å²) in [6.45, 7) is 0.484. The molecule has 0 N–H and O–H groups in total. The molecular formula is C24H23Cl2N5O3. The number of hydrogen-bond acceptors (Lipinski definition) is 5. The number of amides is 4. The van der Waals surface area contributed by atoms with Crippen molar-refractivity contribution in [2.24, 2.45) is 0 Å². The molecule has 0 saturated carbocycles. The van der Waals surface area contributed by atoms with Crippen LogP contribution in [-0.2, 0) is 9.59 Å². The molecule has 34 heavy (non-hydrogen) atoms. The Kier molecular flexibility index (Phi) is 6.30. The Morgan fingerprint density at radius 1 is 1.15 bits per heavy atom. The fraction of sp³-hybridized carbons (Fsp3) is 0.333. The van der Waals surface area contributed by atoms with Gasteiger partial charge in [0.15, 0.2) is 0 Å². The van der Waals surface area contributed by atoms with Crippen molar-refractivity contribution in [1.29, 1.82) is 5.26 Å². The van der Waals surface area contributed by atoms with Gasteiger partial charge in [-0.2, -0.15) is 5.26 Å². The number of rotatable bonds is 4. The second kappa shape index (κ2) is 8.91. The highest BCUT2D eigenvalue weighted by atomic mass is 35.5. The summed E-state index contributed by atoms with van der Waals surface area (Å²) >= 11 is 12.3. The zero-order chi connectivity index (χ0) is 24.8. The first-order valence-electron chi connectivity index (χ1n) is 10.6. The average molecular weight is 500 g/mol. The van der Waals surface area contributed by atoms with E-state index in [2.05, 4.69) is 6.07 Å². The van der Waals surface area contributed by atoms with Gasteiger partial charge in [0, 0.05) is 29.6 Å². The maximum atomic E-state index is 14.0. The van der Waals surface area contributed by atoms with Gasteiger partial charge in [-0.05, 0) is 50.0 Å². The molecule has 2 aromatic carbocycles. The van der Waals surface area contributed by atoms with Crippen LogP contribution in [0.3, 0.4) is 0 Å². The molecule has 2 fully saturated rings. The first-order valence-corrected chi connectivity index (χ1v) is 11.3. The van der Waals surface area contributed by atoms with Crippen LogP contribution in [0.25, 0.3) is 0 Å². The van der Waals surface area contributed by atoms with Gasteiger partial charge in [-0.3, -0.25) is 9.59 Å². The Morgan fingerprint density at radius 3 is 2.32 bits per heavy atom. The number of imide groups is 1. The van der Waals surface area contributed by atoms with Crippen molar-refractivity contribution in [3.8, 4) is 6.07 Å². The second-order valence-corrected chi connectivity index (χ2v) is 9.71. The predicted molar refractivity (Wildman–Crippen MR) is 129 cm³/mol. The molecule has 2 saturated heterocycles. The summed E-state index contributed by atoms with van der Waals surface area (Å²) < 4.78 is 0. The van der Waals surface area contributed by atoms with E-state index in [1.165, 1.54) is 23.1 Å². The highest BCUT2D eigenvalue weighted by Crippen LogP contribution is 2.46. The summed E-state index contributed by atoms with van der Waals surface area (Å²) in [6, 6.07) is 13.0. The van der Waals surface area contributed by atoms with Crippen molar-refractivity contribution in [1.82, 2.24) is 14.7 Å². The highest BCUT2D eigenvalue weighted by Gasteiger charge is 2.64. The summed E-state index contributed by atoms with van der Waals surface area (Å²) in [6.07, 6.45) is 0. The minimum absolute atomic E-state index is 0.0518. The first-order chi connectivity index (χ1) is 16.1. The lowest BCUT2D eigenvalue weighted by molar-refractivity contribution is -0.131. The smallest absolute Gasteiger partial charge is 0.332 e. The third kappa shape index (κ3) is 3.90. The minimum Gasteiger partial charge on any atom is -0.338 e. The molecule has 0 aliphatic carbocycles. The molecule has 4 amide bonds. The molecule has 2 aliphatic rings. The molecule has 2 aliphatic heterocycles. The quantitative estimate of drug-likeness (QED) is 0.602. The summed E-state index contributed by atoms with van der Waals surface area (Å²) in [5, 5.41) is 9.77. The average Bonchev–Trinajstić information content (AvgIpc) is 3.26. The molecule has 4 rings (SSSR count). The van der Waals surface area contributed by atoms with Crippen LogP contribution in [0.4, 0.5) is 10.5 Å². The number of likely N-dealkylation sites (tertiary alicyclic amines) is 1. The molecule has 2 unspecified atom stereocenters. The molecule has 0 radical (unpaired) electrons. The molecule has 2 heterocycles. The molecule has 176 valence electrons. The van der Waals surface area contributed by atoms with Gasteiger partial charge in [-0.1, -0.05) is 35.3 Å². The van der Waals surface area contributed by atoms with Gasteiger partial charge >= 0.3 is 6.03 Å². The van der Waals surface area contributed by atoms with Crippen LogP contribution in [0.15, 0.2) is 42.5 Å². The summed E-state index contributed by atoms with van der Waals surface area (Å²) in [7, 11) is 5.16. The Bertz CT molecular complexity index is 1190. The van der Waals surface area contributed by atoms with E-state index < -0.39 is 23.4 Å². The Labute approximate surface area is 207 Å². The van der Waals surface area contributed by atoms with Gasteiger partial charge in [0.2, 0.25) is 5.91 Å². The number of urea groups is 1. The van der Waals surface area contributed by atoms with Crippen LogP contribution in [0.5, 0.6) is 0 Å². The molecule has 2 atom stereocenters. The molecule has 0 bridgehead atoms. The highest BCUT2D eigenvalue weighted by molar-refractivity contribution is 6.35. The van der Waals surface area contributed by atoms with Crippen molar-refractivity contribution < 1.29 is 14.4 Å². The van der Waals surface area contributed by atoms with Crippen LogP contribution in [0, 0.1) is 11.3 Å². The van der Waals surface area contributed by atoms with Crippen molar-refractivity contribution in [3.63, 3.8) is 0 Å². The SMILES string of the molecule is CN(C)CC(=O)N1CC(c2ccc(C#N)cc2)C2(C1)C(=O)N(c1cc(Cl)cc(Cl)c1)C(=O)N2C. The van der Waals surface area contributed by atoms with Crippen LogP contribution in [-0.4, -0.2) is 78.9 Å². The number of hydrogen-bond donors (Lipinski definition) is 0. The van der Waals surface area contributed by atoms with Crippen LogP contribution < -0.4 is 4.90 Å². The Morgan fingerprint density at radius 2 is 1.76 bits per heavy atom. The van der Waals surface area contributed by atoms with Gasteiger partial charge in [-0.25, -0.2) is 9.69 Å². The van der Waals surface area contributed by atoms with Crippen molar-refractivity contribution in [2.45, 2.75) is 11.5 Å². The monoisotopic (exact) mass is 499 g/mol. The maximum absolute atomic E-state index is 14.0. The number of likely N-dealkylation sites (N-methyl/N-ethyl adjacent to an activating group) is 2. The van der Waals surface area contributed by atoms with Gasteiger partial charge in [-0.15, -0.1) is 0 Å². The van der Waals surface area contributed by atoms with Gasteiger partial charge in [0.1, 0.15) is 5.54 Å². The van der Waals surface area contributed by atoms with E-state index >= 15 is 0 Å². The number of benzene rings is 2. The summed E-state index contributed by atoms with van der Waals surface area (Å²) in [4.78, 5) is 46.3. The lowest BCUT2D eigenvalue weighted by Crippen LogP contribution is -2.54. The lowest BCUT2D eigenvalue weighted by atomic mass is 9.80. The van der Waals surface area contributed by atoms with E-state index in [1.807, 2.05) is 0 Å². The summed E-state index contributed by atoms with van der Waals surface area (Å²) in [5.74, 6) is -1.08. The maximum Gasteiger partial charge on any atom is 0.332 e. The van der Waals surface area contributed by atoms with Crippen LogP contribution in [0.1, 0.15) is 17.0 Å². The van der Waals surface area contributed by atoms with E-state index in [0.29, 0.717) is 15.6 Å².